The van der Waals surface area contributed by atoms with E-state index in [2.05, 4.69) is 56.4 Å². The number of hydrogen-bond acceptors (Lipinski definition) is 2. The highest BCUT2D eigenvalue weighted by Crippen LogP contribution is 2.34. The molecule has 1 heterocycles. The summed E-state index contributed by atoms with van der Waals surface area (Å²) >= 11 is 0. The molecule has 1 saturated carbocycles. The molecule has 0 radical (unpaired) electrons. The summed E-state index contributed by atoms with van der Waals surface area (Å²) in [5.41, 5.74) is 3.58. The number of ether oxygens (including phenoxy) is 1. The van der Waals surface area contributed by atoms with Crippen molar-refractivity contribution in [3.05, 3.63) is 48.2 Å². The first-order valence-electron chi connectivity index (χ1n) is 17.0. The maximum atomic E-state index is 6.08. The van der Waals surface area contributed by atoms with Crippen LogP contribution in [0.2, 0.25) is 0 Å². The summed E-state index contributed by atoms with van der Waals surface area (Å²) in [4.78, 5) is 4.75. The lowest BCUT2D eigenvalue weighted by atomic mass is 9.78. The van der Waals surface area contributed by atoms with Gasteiger partial charge in [-0.3, -0.25) is 4.98 Å². The largest absolute Gasteiger partial charge is 0.494 e. The van der Waals surface area contributed by atoms with Gasteiger partial charge < -0.3 is 4.74 Å². The fourth-order valence-corrected chi connectivity index (χ4v) is 6.34. The molecule has 2 heteroatoms. The summed E-state index contributed by atoms with van der Waals surface area (Å²) < 4.78 is 6.08. The van der Waals surface area contributed by atoms with Gasteiger partial charge in [-0.25, -0.2) is 0 Å². The van der Waals surface area contributed by atoms with Crippen LogP contribution in [0.4, 0.5) is 0 Å². The number of aryl methyl sites for hydroxylation is 1. The maximum absolute atomic E-state index is 6.08. The number of aromatic nitrogens is 1. The number of hydrogen-bond donors (Lipinski definition) is 0. The number of nitrogens with zero attached hydrogens (tertiary/aromatic N) is 1. The van der Waals surface area contributed by atoms with Crippen molar-refractivity contribution < 1.29 is 4.74 Å². The van der Waals surface area contributed by atoms with Crippen LogP contribution in [0.15, 0.2) is 42.6 Å². The zero-order chi connectivity index (χ0) is 27.4. The predicted molar refractivity (Wildman–Crippen MR) is 170 cm³/mol. The standard InChI is InChI=1S/C37H59NO/c1-3-5-7-9-10-11-13-15-18-34-24-29-37(38-31-34)35-25-27-36(28-26-35)39-30-16-19-33-22-20-32(21-23-33)17-14-12-8-6-4-2/h24-29,31-33H,3-23,30H2,1-2H3. The van der Waals surface area contributed by atoms with Gasteiger partial charge in [-0.2, -0.15) is 0 Å². The van der Waals surface area contributed by atoms with Gasteiger partial charge in [0.2, 0.25) is 0 Å². The number of benzene rings is 1. The fraction of sp³-hybridized carbons (Fsp3) is 0.703. The van der Waals surface area contributed by atoms with Crippen LogP contribution in [-0.4, -0.2) is 11.6 Å². The van der Waals surface area contributed by atoms with Crippen LogP contribution in [0.25, 0.3) is 11.3 Å². The lowest BCUT2D eigenvalue weighted by molar-refractivity contribution is 0.228. The SMILES string of the molecule is CCCCCCCCCCc1ccc(-c2ccc(OCCCC3CCC(CCCCCCC)CC3)cc2)nc1. The molecule has 0 spiro atoms. The Morgan fingerprint density at radius 2 is 1.18 bits per heavy atom. The van der Waals surface area contributed by atoms with E-state index >= 15 is 0 Å². The van der Waals surface area contributed by atoms with Crippen LogP contribution < -0.4 is 4.74 Å². The average Bonchev–Trinajstić information content (AvgIpc) is 2.98. The second-order valence-corrected chi connectivity index (χ2v) is 12.4. The van der Waals surface area contributed by atoms with Crippen molar-refractivity contribution in [3.8, 4) is 17.0 Å². The molecule has 0 bridgehead atoms. The Labute approximate surface area is 241 Å². The molecule has 1 aliphatic carbocycles. The van der Waals surface area contributed by atoms with Crippen LogP contribution in [-0.2, 0) is 6.42 Å². The summed E-state index contributed by atoms with van der Waals surface area (Å²) in [5, 5.41) is 0. The van der Waals surface area contributed by atoms with E-state index in [1.165, 1.54) is 140 Å². The second kappa shape index (κ2) is 20.1. The molecule has 0 atom stereocenters. The quantitative estimate of drug-likeness (QED) is 0.149. The molecule has 3 rings (SSSR count). The molecule has 218 valence electrons. The van der Waals surface area contributed by atoms with Crippen LogP contribution in [0, 0.1) is 11.8 Å². The van der Waals surface area contributed by atoms with Crippen molar-refractivity contribution in [2.75, 3.05) is 6.61 Å². The minimum Gasteiger partial charge on any atom is -0.494 e. The highest BCUT2D eigenvalue weighted by molar-refractivity contribution is 5.60. The van der Waals surface area contributed by atoms with E-state index in [0.29, 0.717) is 0 Å². The molecule has 1 aromatic carbocycles. The van der Waals surface area contributed by atoms with Gasteiger partial charge in [-0.15, -0.1) is 0 Å². The molecule has 2 aromatic rings. The van der Waals surface area contributed by atoms with Crippen LogP contribution in [0.3, 0.4) is 0 Å². The number of pyridine rings is 1. The zero-order valence-corrected chi connectivity index (χ0v) is 25.6. The Balaban J connectivity index is 1.24. The molecule has 0 saturated heterocycles. The van der Waals surface area contributed by atoms with E-state index in [-0.39, 0.29) is 0 Å². The van der Waals surface area contributed by atoms with Crippen molar-refractivity contribution in [1.82, 2.24) is 4.98 Å². The Morgan fingerprint density at radius 3 is 1.77 bits per heavy atom. The summed E-state index contributed by atoms with van der Waals surface area (Å²) in [7, 11) is 0. The monoisotopic (exact) mass is 533 g/mol. The molecule has 1 fully saturated rings. The van der Waals surface area contributed by atoms with Crippen molar-refractivity contribution in [3.63, 3.8) is 0 Å². The smallest absolute Gasteiger partial charge is 0.119 e. The molecule has 2 nitrogen and oxygen atoms in total. The molecule has 0 amide bonds. The molecule has 0 unspecified atom stereocenters. The van der Waals surface area contributed by atoms with Gasteiger partial charge in [0.1, 0.15) is 5.75 Å². The number of unbranched alkanes of at least 4 members (excludes halogenated alkanes) is 11. The van der Waals surface area contributed by atoms with Gasteiger partial charge in [0.15, 0.2) is 0 Å². The first-order chi connectivity index (χ1) is 19.3. The van der Waals surface area contributed by atoms with Crippen LogP contribution >= 0.6 is 0 Å². The summed E-state index contributed by atoms with van der Waals surface area (Å²) in [5.74, 6) is 2.92. The third-order valence-electron chi connectivity index (χ3n) is 9.00. The van der Waals surface area contributed by atoms with Crippen LogP contribution in [0.1, 0.15) is 148 Å². The van der Waals surface area contributed by atoms with Gasteiger partial charge in [-0.1, -0.05) is 129 Å². The molecular formula is C37H59NO. The molecular weight excluding hydrogens is 474 g/mol. The van der Waals surface area contributed by atoms with Crippen molar-refractivity contribution in [2.24, 2.45) is 11.8 Å². The molecule has 0 aliphatic heterocycles. The van der Waals surface area contributed by atoms with Gasteiger partial charge in [0.05, 0.1) is 12.3 Å². The van der Waals surface area contributed by atoms with Gasteiger partial charge in [-0.05, 0) is 73.4 Å². The second-order valence-electron chi connectivity index (χ2n) is 12.4. The Kier molecular flexibility index (Phi) is 16.3. The van der Waals surface area contributed by atoms with E-state index in [1.807, 2.05) is 0 Å². The molecule has 0 N–H and O–H groups in total. The van der Waals surface area contributed by atoms with Crippen molar-refractivity contribution >= 4 is 0 Å². The Hall–Kier alpha value is -1.83. The summed E-state index contributed by atoms with van der Waals surface area (Å²) in [6.45, 7) is 5.42. The topological polar surface area (TPSA) is 22.1 Å². The van der Waals surface area contributed by atoms with Gasteiger partial charge in [0, 0.05) is 11.8 Å². The van der Waals surface area contributed by atoms with E-state index in [0.717, 1.165) is 36.3 Å². The van der Waals surface area contributed by atoms with E-state index in [4.69, 9.17) is 9.72 Å². The van der Waals surface area contributed by atoms with E-state index in [9.17, 15) is 0 Å². The van der Waals surface area contributed by atoms with Crippen LogP contribution in [0.5, 0.6) is 5.75 Å². The highest BCUT2D eigenvalue weighted by Gasteiger charge is 2.20. The lowest BCUT2D eigenvalue weighted by Crippen LogP contribution is -2.15. The molecule has 39 heavy (non-hydrogen) atoms. The van der Waals surface area contributed by atoms with E-state index < -0.39 is 0 Å². The Bertz CT molecular complexity index is 835. The fourth-order valence-electron chi connectivity index (χ4n) is 6.34. The summed E-state index contributed by atoms with van der Waals surface area (Å²) in [6, 6.07) is 13.0. The minimum atomic E-state index is 0.836. The van der Waals surface area contributed by atoms with Gasteiger partial charge in [0.25, 0.3) is 0 Å². The zero-order valence-electron chi connectivity index (χ0n) is 25.6. The molecule has 1 aliphatic rings. The third-order valence-corrected chi connectivity index (χ3v) is 9.00. The van der Waals surface area contributed by atoms with E-state index in [1.54, 1.807) is 0 Å². The highest BCUT2D eigenvalue weighted by atomic mass is 16.5. The lowest BCUT2D eigenvalue weighted by Gasteiger charge is -2.28. The average molecular weight is 534 g/mol. The Morgan fingerprint density at radius 1 is 0.615 bits per heavy atom. The normalized spacial score (nSPS) is 17.4. The first-order valence-corrected chi connectivity index (χ1v) is 17.0. The number of rotatable bonds is 21. The van der Waals surface area contributed by atoms with Crippen molar-refractivity contribution in [1.29, 1.82) is 0 Å². The predicted octanol–water partition coefficient (Wildman–Crippen LogP) is 11.8. The third kappa shape index (κ3) is 13.4. The maximum Gasteiger partial charge on any atom is 0.119 e. The van der Waals surface area contributed by atoms with Crippen molar-refractivity contribution in [2.45, 2.75) is 149 Å². The minimum absolute atomic E-state index is 0.836. The first kappa shape index (κ1) is 31.7. The van der Waals surface area contributed by atoms with Gasteiger partial charge >= 0.3 is 0 Å². The summed E-state index contributed by atoms with van der Waals surface area (Å²) in [6.07, 6.45) is 31.1. The molecule has 1 aromatic heterocycles.